The summed E-state index contributed by atoms with van der Waals surface area (Å²) in [7, 11) is 0. The van der Waals surface area contributed by atoms with Crippen LogP contribution < -0.4 is 0 Å². The molecule has 0 radical (unpaired) electrons. The van der Waals surface area contributed by atoms with E-state index in [9.17, 15) is 26.3 Å². The molecule has 4 heterocycles. The lowest BCUT2D eigenvalue weighted by Crippen LogP contribution is -2.52. The highest BCUT2D eigenvalue weighted by Crippen LogP contribution is 2.24. The molecule has 0 aromatic carbocycles. The Morgan fingerprint density at radius 3 is 2.06 bits per heavy atom. The Morgan fingerprint density at radius 1 is 0.889 bits per heavy atom. The van der Waals surface area contributed by atoms with Gasteiger partial charge in [0.2, 0.25) is 0 Å². The molecule has 1 aromatic heterocycles. The average Bonchev–Trinajstić information content (AvgIpc) is 3.45. The van der Waals surface area contributed by atoms with Crippen LogP contribution in [0.1, 0.15) is 31.4 Å². The van der Waals surface area contributed by atoms with Crippen molar-refractivity contribution in [1.29, 1.82) is 0 Å². The topological polar surface area (TPSA) is 97.5 Å². The van der Waals surface area contributed by atoms with E-state index in [2.05, 4.69) is 20.8 Å². The molecule has 0 bridgehead atoms. The van der Waals surface area contributed by atoms with Crippen molar-refractivity contribution in [2.24, 2.45) is 5.92 Å². The highest BCUT2D eigenvalue weighted by Gasteiger charge is 2.39. The largest absolute Gasteiger partial charge is 0.490 e. The van der Waals surface area contributed by atoms with Gasteiger partial charge in [-0.1, -0.05) is 0 Å². The minimum Gasteiger partial charge on any atom is -0.475 e. The van der Waals surface area contributed by atoms with Gasteiger partial charge in [0.25, 0.3) is 0 Å². The van der Waals surface area contributed by atoms with Gasteiger partial charge >= 0.3 is 24.3 Å². The monoisotopic (exact) mass is 531 g/mol. The second kappa shape index (κ2) is 13.3. The number of hydrogen-bond donors (Lipinski definition) is 2. The number of piperidine rings is 1. The molecule has 3 aliphatic heterocycles. The maximum Gasteiger partial charge on any atom is 0.490 e. The molecule has 14 heteroatoms. The molecule has 2 N–H and O–H groups in total. The lowest BCUT2D eigenvalue weighted by Gasteiger charge is -2.41. The second-order valence-corrected chi connectivity index (χ2v) is 9.02. The number of alkyl halides is 6. The average molecular weight is 531 g/mol. The van der Waals surface area contributed by atoms with Crippen LogP contribution in [0.3, 0.4) is 0 Å². The molecule has 3 fully saturated rings. The van der Waals surface area contributed by atoms with Crippen molar-refractivity contribution >= 4 is 11.9 Å². The van der Waals surface area contributed by atoms with Crippen molar-refractivity contribution in [3.63, 3.8) is 0 Å². The standard InChI is InChI=1S/C18H29N3O.2C2HF3O2/c1-4-16(12-19(7-1)15-18-6-3-11-22-18)13-20-9-10-21-8-2-5-17(21)14-20;2*3-2(4,5)1(6)7/h3,6,11,16-17H,1-2,4-5,7-10,12-15H2;2*(H,6,7). The maximum absolute atomic E-state index is 10.6. The van der Waals surface area contributed by atoms with Crippen LogP contribution in [0, 0.1) is 5.92 Å². The summed E-state index contributed by atoms with van der Waals surface area (Å²) in [5.41, 5.74) is 0. The van der Waals surface area contributed by atoms with E-state index in [-0.39, 0.29) is 0 Å². The number of aliphatic carboxylic acids is 2. The highest BCUT2D eigenvalue weighted by atomic mass is 19.4. The van der Waals surface area contributed by atoms with Crippen molar-refractivity contribution in [3.8, 4) is 0 Å². The maximum atomic E-state index is 10.6. The van der Waals surface area contributed by atoms with Crippen molar-refractivity contribution in [3.05, 3.63) is 24.2 Å². The van der Waals surface area contributed by atoms with E-state index >= 15 is 0 Å². The summed E-state index contributed by atoms with van der Waals surface area (Å²) >= 11 is 0. The minimum absolute atomic E-state index is 0.844. The van der Waals surface area contributed by atoms with Gasteiger partial charge in [-0.3, -0.25) is 9.80 Å². The van der Waals surface area contributed by atoms with Crippen molar-refractivity contribution in [2.75, 3.05) is 45.8 Å². The molecule has 4 rings (SSSR count). The van der Waals surface area contributed by atoms with Crippen LogP contribution in [0.15, 0.2) is 22.8 Å². The predicted octanol–water partition coefficient (Wildman–Crippen LogP) is 3.54. The summed E-state index contributed by atoms with van der Waals surface area (Å²) in [5.74, 6) is -3.56. The summed E-state index contributed by atoms with van der Waals surface area (Å²) in [5, 5.41) is 14.2. The molecule has 0 spiro atoms. The van der Waals surface area contributed by atoms with Crippen LogP contribution in [-0.2, 0) is 16.1 Å². The third-order valence-corrected chi connectivity index (χ3v) is 6.24. The lowest BCUT2D eigenvalue weighted by atomic mass is 9.96. The van der Waals surface area contributed by atoms with Gasteiger partial charge in [0.05, 0.1) is 12.8 Å². The summed E-state index contributed by atoms with van der Waals surface area (Å²) < 4.78 is 69.0. The van der Waals surface area contributed by atoms with Crippen molar-refractivity contribution in [2.45, 2.75) is 50.6 Å². The van der Waals surface area contributed by atoms with E-state index < -0.39 is 24.3 Å². The number of carbonyl (C=O) groups is 2. The zero-order valence-corrected chi connectivity index (χ0v) is 19.6. The van der Waals surface area contributed by atoms with Gasteiger partial charge < -0.3 is 19.5 Å². The number of piperazine rings is 1. The van der Waals surface area contributed by atoms with Gasteiger partial charge in [-0.2, -0.15) is 26.3 Å². The number of furan rings is 1. The van der Waals surface area contributed by atoms with Crippen LogP contribution in [0.25, 0.3) is 0 Å². The summed E-state index contributed by atoms with van der Waals surface area (Å²) in [6, 6.07) is 4.96. The zero-order chi connectivity index (χ0) is 26.9. The number of fused-ring (bicyclic) bond motifs is 1. The number of carboxylic acids is 2. The summed E-state index contributed by atoms with van der Waals surface area (Å²) in [6.45, 7) is 10.0. The van der Waals surface area contributed by atoms with E-state index in [0.717, 1.165) is 24.3 Å². The fourth-order valence-electron chi connectivity index (χ4n) is 4.65. The Kier molecular flexibility index (Phi) is 11.0. The number of likely N-dealkylation sites (tertiary alicyclic amines) is 1. The first-order chi connectivity index (χ1) is 16.8. The molecule has 0 saturated carbocycles. The first-order valence-electron chi connectivity index (χ1n) is 11.6. The number of carboxylic acid groups (broad SMARTS) is 2. The molecule has 0 aliphatic carbocycles. The van der Waals surface area contributed by atoms with Crippen molar-refractivity contribution < 1.29 is 50.6 Å². The van der Waals surface area contributed by atoms with Gasteiger partial charge in [0, 0.05) is 38.8 Å². The first kappa shape index (κ1) is 29.9. The third-order valence-electron chi connectivity index (χ3n) is 6.24. The Morgan fingerprint density at radius 2 is 1.50 bits per heavy atom. The highest BCUT2D eigenvalue weighted by molar-refractivity contribution is 5.73. The van der Waals surface area contributed by atoms with Gasteiger partial charge in [0.15, 0.2) is 0 Å². The molecule has 36 heavy (non-hydrogen) atoms. The fraction of sp³-hybridized carbons (Fsp3) is 0.727. The zero-order valence-electron chi connectivity index (χ0n) is 19.6. The molecule has 8 nitrogen and oxygen atoms in total. The normalized spacial score (nSPS) is 23.6. The number of nitrogens with zero attached hydrogens (tertiary/aromatic N) is 3. The lowest BCUT2D eigenvalue weighted by molar-refractivity contribution is -0.193. The Balaban J connectivity index is 0.000000271. The quantitative estimate of drug-likeness (QED) is 0.570. The van der Waals surface area contributed by atoms with Crippen LogP contribution in [0.2, 0.25) is 0 Å². The predicted molar refractivity (Wildman–Crippen MR) is 115 cm³/mol. The van der Waals surface area contributed by atoms with E-state index in [1.54, 1.807) is 6.26 Å². The van der Waals surface area contributed by atoms with Crippen LogP contribution in [0.4, 0.5) is 26.3 Å². The minimum atomic E-state index is -5.08. The Hall–Kier alpha value is -2.32. The van der Waals surface area contributed by atoms with E-state index in [1.807, 2.05) is 6.07 Å². The second-order valence-electron chi connectivity index (χ2n) is 9.02. The number of rotatable bonds is 4. The molecule has 3 aliphatic rings. The van der Waals surface area contributed by atoms with Crippen LogP contribution in [0.5, 0.6) is 0 Å². The third kappa shape index (κ3) is 10.3. The summed E-state index contributed by atoms with van der Waals surface area (Å²) in [6.07, 6.45) is -2.79. The van der Waals surface area contributed by atoms with Gasteiger partial charge in [0.1, 0.15) is 5.76 Å². The molecule has 1 aromatic rings. The van der Waals surface area contributed by atoms with Crippen LogP contribution in [-0.4, -0.2) is 101 Å². The molecular formula is C22H31F6N3O5. The number of halogens is 6. The summed E-state index contributed by atoms with van der Waals surface area (Å²) in [4.78, 5) is 25.8. The van der Waals surface area contributed by atoms with E-state index in [0.29, 0.717) is 0 Å². The van der Waals surface area contributed by atoms with Crippen molar-refractivity contribution in [1.82, 2.24) is 14.7 Å². The molecular weight excluding hydrogens is 500 g/mol. The number of hydrogen-bond acceptors (Lipinski definition) is 6. The molecule has 0 amide bonds. The first-order valence-corrected chi connectivity index (χ1v) is 11.6. The van der Waals surface area contributed by atoms with Gasteiger partial charge in [-0.15, -0.1) is 0 Å². The smallest absolute Gasteiger partial charge is 0.475 e. The SMILES string of the molecule is O=C(O)C(F)(F)F.O=C(O)C(F)(F)F.c1coc(CN2CCCC(CN3CCN4CCCC4C3)C2)c1. The Labute approximate surface area is 204 Å². The fourth-order valence-corrected chi connectivity index (χ4v) is 4.65. The van der Waals surface area contributed by atoms with Gasteiger partial charge in [-0.05, 0) is 56.8 Å². The van der Waals surface area contributed by atoms with E-state index in [1.165, 1.54) is 71.5 Å². The van der Waals surface area contributed by atoms with Crippen LogP contribution >= 0.6 is 0 Å². The van der Waals surface area contributed by atoms with E-state index in [4.69, 9.17) is 24.2 Å². The molecule has 206 valence electrons. The molecule has 2 unspecified atom stereocenters. The Bertz CT molecular complexity index is 794. The molecule has 2 atom stereocenters. The molecule has 3 saturated heterocycles. The van der Waals surface area contributed by atoms with Gasteiger partial charge in [-0.25, -0.2) is 9.59 Å².